The molecule has 0 aliphatic carbocycles. The summed E-state index contributed by atoms with van der Waals surface area (Å²) in [5.74, 6) is -1.08. The molecule has 0 radical (unpaired) electrons. The molecule has 68 valence electrons. The van der Waals surface area contributed by atoms with Crippen LogP contribution in [0.3, 0.4) is 0 Å². The maximum Gasteiger partial charge on any atom is 1.00 e. The van der Waals surface area contributed by atoms with Crippen molar-refractivity contribution in [3.8, 4) is 0 Å². The van der Waals surface area contributed by atoms with E-state index in [-0.39, 0.29) is 29.6 Å². The van der Waals surface area contributed by atoms with E-state index in [1.165, 1.54) is 19.6 Å². The molecule has 0 aliphatic heterocycles. The van der Waals surface area contributed by atoms with Crippen molar-refractivity contribution in [3.05, 3.63) is 0 Å². The number of hydrogen-bond acceptors (Lipinski definition) is 3. The van der Waals surface area contributed by atoms with Gasteiger partial charge < -0.3 is 14.8 Å². The monoisotopic (exact) mass is 183 g/mol. The average Bonchev–Trinajstić information content (AvgIpc) is 1.90. The van der Waals surface area contributed by atoms with Crippen LogP contribution >= 0.6 is 0 Å². The van der Waals surface area contributed by atoms with Gasteiger partial charge in [-0.25, -0.2) is 0 Å². The van der Waals surface area contributed by atoms with E-state index in [2.05, 4.69) is 25.7 Å². The molecule has 0 fully saturated rings. The van der Waals surface area contributed by atoms with Crippen molar-refractivity contribution in [3.63, 3.8) is 0 Å². The van der Waals surface area contributed by atoms with Crippen molar-refractivity contribution >= 4 is 5.97 Å². The van der Waals surface area contributed by atoms with Gasteiger partial charge in [0.2, 0.25) is 0 Å². The third-order valence-electron chi connectivity index (χ3n) is 1.34. The molecule has 0 aliphatic rings. The first kappa shape index (κ1) is 18.3. The quantitative estimate of drug-likeness (QED) is 0.441. The van der Waals surface area contributed by atoms with E-state index >= 15 is 0 Å². The molecule has 12 heavy (non-hydrogen) atoms. The van der Waals surface area contributed by atoms with Crippen molar-refractivity contribution in [1.82, 2.24) is 4.90 Å². The summed E-state index contributed by atoms with van der Waals surface area (Å²) in [5.41, 5.74) is 0. The maximum absolute atomic E-state index is 8.89. The molecule has 3 nitrogen and oxygen atoms in total. The van der Waals surface area contributed by atoms with Crippen LogP contribution in [0.1, 0.15) is 27.7 Å². The summed E-state index contributed by atoms with van der Waals surface area (Å²) in [6, 6.07) is 0. The van der Waals surface area contributed by atoms with Crippen molar-refractivity contribution in [1.29, 1.82) is 0 Å². The summed E-state index contributed by atoms with van der Waals surface area (Å²) in [5, 5.41) is 8.89. The fourth-order valence-corrected chi connectivity index (χ4v) is 0.671. The summed E-state index contributed by atoms with van der Waals surface area (Å²) in [4.78, 5) is 11.3. The minimum atomic E-state index is -1.08. The summed E-state index contributed by atoms with van der Waals surface area (Å²) in [6.07, 6.45) is 0. The smallest absolute Gasteiger partial charge is 0.550 e. The average molecular weight is 183 g/mol. The second kappa shape index (κ2) is 14.0. The minimum Gasteiger partial charge on any atom is -0.550 e. The molecular weight excluding hydrogens is 165 g/mol. The van der Waals surface area contributed by atoms with Crippen LogP contribution in [0.15, 0.2) is 0 Å². The third kappa shape index (κ3) is 22.4. The van der Waals surface area contributed by atoms with Crippen LogP contribution in [0, 0.1) is 0 Å². The number of carboxylic acid groups (broad SMARTS) is 1. The Morgan fingerprint density at radius 3 is 1.33 bits per heavy atom. The Balaban J connectivity index is -0.000000142. The topological polar surface area (TPSA) is 43.4 Å². The first-order chi connectivity index (χ1) is 5.08. The molecule has 0 amide bonds. The standard InChI is InChI=1S/C6H15N.C2H4O2.Na/c1-4-7(5-2)6-3;1-2(3)4;/h4-6H2,1-3H3;1H3,(H,3,4);/q;;+1/p-1. The number of carbonyl (C=O) groups excluding carboxylic acids is 1. The zero-order valence-corrected chi connectivity index (χ0v) is 10.9. The van der Waals surface area contributed by atoms with E-state index in [1.807, 2.05) is 0 Å². The van der Waals surface area contributed by atoms with Gasteiger partial charge in [0.05, 0.1) is 0 Å². The molecule has 0 aromatic rings. The van der Waals surface area contributed by atoms with E-state index < -0.39 is 5.97 Å². The van der Waals surface area contributed by atoms with Gasteiger partial charge in [0.1, 0.15) is 0 Å². The molecule has 0 unspecified atom stereocenters. The predicted octanol–water partition coefficient (Wildman–Crippen LogP) is -2.89. The van der Waals surface area contributed by atoms with Gasteiger partial charge in [0, 0.05) is 5.97 Å². The van der Waals surface area contributed by atoms with Crippen molar-refractivity contribution in [2.45, 2.75) is 27.7 Å². The molecule has 0 aromatic carbocycles. The normalized spacial score (nSPS) is 8.08. The number of carbonyl (C=O) groups is 1. The Morgan fingerprint density at radius 2 is 1.33 bits per heavy atom. The van der Waals surface area contributed by atoms with E-state index in [1.54, 1.807) is 0 Å². The number of nitrogens with zero attached hydrogens (tertiary/aromatic N) is 1. The van der Waals surface area contributed by atoms with Gasteiger partial charge in [-0.2, -0.15) is 0 Å². The molecule has 0 saturated heterocycles. The van der Waals surface area contributed by atoms with Crippen molar-refractivity contribution < 1.29 is 39.5 Å². The fourth-order valence-electron chi connectivity index (χ4n) is 0.671. The van der Waals surface area contributed by atoms with Crippen LogP contribution in [-0.4, -0.2) is 30.5 Å². The van der Waals surface area contributed by atoms with Crippen LogP contribution in [0.4, 0.5) is 0 Å². The Morgan fingerprint density at radius 1 is 1.17 bits per heavy atom. The third-order valence-corrected chi connectivity index (χ3v) is 1.34. The molecule has 0 bridgehead atoms. The minimum absolute atomic E-state index is 0. The first-order valence-electron chi connectivity index (χ1n) is 3.98. The van der Waals surface area contributed by atoms with E-state index in [4.69, 9.17) is 9.90 Å². The molecule has 0 atom stereocenters. The SMILES string of the molecule is CC(=O)[O-].CCN(CC)CC.[Na+]. The largest absolute Gasteiger partial charge is 1.00 e. The number of aliphatic carboxylic acids is 1. The molecule has 0 rings (SSSR count). The van der Waals surface area contributed by atoms with Crippen molar-refractivity contribution in [2.24, 2.45) is 0 Å². The van der Waals surface area contributed by atoms with Gasteiger partial charge in [-0.1, -0.05) is 20.8 Å². The van der Waals surface area contributed by atoms with Gasteiger partial charge in [-0.15, -0.1) is 0 Å². The zero-order valence-electron chi connectivity index (χ0n) is 8.89. The van der Waals surface area contributed by atoms with E-state index in [0.717, 1.165) is 6.92 Å². The molecule has 0 saturated carbocycles. The second-order valence-electron chi connectivity index (χ2n) is 2.11. The van der Waals surface area contributed by atoms with Gasteiger partial charge in [-0.05, 0) is 26.6 Å². The van der Waals surface area contributed by atoms with Gasteiger partial charge in [0.15, 0.2) is 0 Å². The maximum atomic E-state index is 8.89. The van der Waals surface area contributed by atoms with Gasteiger partial charge >= 0.3 is 29.6 Å². The van der Waals surface area contributed by atoms with Crippen LogP contribution in [0.2, 0.25) is 0 Å². The summed E-state index contributed by atoms with van der Waals surface area (Å²) in [7, 11) is 0. The van der Waals surface area contributed by atoms with Crippen LogP contribution < -0.4 is 34.7 Å². The summed E-state index contributed by atoms with van der Waals surface area (Å²) < 4.78 is 0. The molecule has 0 aromatic heterocycles. The second-order valence-corrected chi connectivity index (χ2v) is 2.11. The van der Waals surface area contributed by atoms with Gasteiger partial charge in [-0.3, -0.25) is 0 Å². The first-order valence-corrected chi connectivity index (χ1v) is 3.98. The summed E-state index contributed by atoms with van der Waals surface area (Å²) >= 11 is 0. The Bertz CT molecular complexity index is 85.5. The fraction of sp³-hybridized carbons (Fsp3) is 0.875. The van der Waals surface area contributed by atoms with E-state index in [0.29, 0.717) is 0 Å². The summed E-state index contributed by atoms with van der Waals surface area (Å²) in [6.45, 7) is 11.1. The Hall–Kier alpha value is 0.430. The van der Waals surface area contributed by atoms with Crippen LogP contribution in [-0.2, 0) is 4.79 Å². The number of hydrogen-bond donors (Lipinski definition) is 0. The predicted molar refractivity (Wildman–Crippen MR) is 44.1 cm³/mol. The van der Waals surface area contributed by atoms with Crippen LogP contribution in [0.25, 0.3) is 0 Å². The van der Waals surface area contributed by atoms with Gasteiger partial charge in [0.25, 0.3) is 0 Å². The zero-order chi connectivity index (χ0) is 9.28. The van der Waals surface area contributed by atoms with Crippen molar-refractivity contribution in [2.75, 3.05) is 19.6 Å². The Kier molecular flexibility index (Phi) is 21.3. The molecule has 4 heteroatoms. The molecule has 0 spiro atoms. The Labute approximate surface area is 97.4 Å². The molecule has 0 heterocycles. The number of carboxylic acids is 1. The molecule has 0 N–H and O–H groups in total. The molecular formula is C8H18NNaO2. The van der Waals surface area contributed by atoms with E-state index in [9.17, 15) is 0 Å². The number of rotatable bonds is 3. The van der Waals surface area contributed by atoms with Crippen LogP contribution in [0.5, 0.6) is 0 Å².